The standard InChI is InChI=1S/C19H23N5O.2ClH/c1-12(2)24-18-15(11-22-24)10-17(13(3)23-18)19(25)21-9-8-14-4-6-16(20)7-5-14;;/h4-7,10-12H,8-9,20H2,1-3H3,(H,21,25);2*1H. The SMILES string of the molecule is Cc1nc2c(cnn2C(C)C)cc1C(=O)NCCc1ccc(N)cc1.Cl.Cl. The lowest BCUT2D eigenvalue weighted by Gasteiger charge is -2.10. The molecule has 0 fully saturated rings. The molecule has 0 aliphatic rings. The molecule has 3 N–H and O–H groups in total. The van der Waals surface area contributed by atoms with Crippen molar-refractivity contribution in [3.8, 4) is 0 Å². The maximum atomic E-state index is 12.5. The second-order valence-electron chi connectivity index (χ2n) is 6.46. The first kappa shape index (κ1) is 22.7. The van der Waals surface area contributed by atoms with Crippen molar-refractivity contribution in [2.24, 2.45) is 0 Å². The van der Waals surface area contributed by atoms with Crippen LogP contribution in [-0.4, -0.2) is 27.2 Å². The van der Waals surface area contributed by atoms with Crippen molar-refractivity contribution in [3.05, 3.63) is 53.3 Å². The zero-order chi connectivity index (χ0) is 18.0. The molecular weight excluding hydrogens is 385 g/mol. The molecular formula is C19H25Cl2N5O. The van der Waals surface area contributed by atoms with Crippen LogP contribution in [0.4, 0.5) is 5.69 Å². The van der Waals surface area contributed by atoms with Crippen LogP contribution >= 0.6 is 24.8 Å². The van der Waals surface area contributed by atoms with Gasteiger partial charge in [-0.15, -0.1) is 24.8 Å². The van der Waals surface area contributed by atoms with Crippen LogP contribution in [0.5, 0.6) is 0 Å². The first-order valence-corrected chi connectivity index (χ1v) is 8.43. The highest BCUT2D eigenvalue weighted by Gasteiger charge is 2.15. The van der Waals surface area contributed by atoms with E-state index in [4.69, 9.17) is 5.73 Å². The van der Waals surface area contributed by atoms with Crippen molar-refractivity contribution in [3.63, 3.8) is 0 Å². The van der Waals surface area contributed by atoms with Crippen LogP contribution in [0.15, 0.2) is 36.5 Å². The maximum Gasteiger partial charge on any atom is 0.253 e. The number of anilines is 1. The molecule has 0 radical (unpaired) electrons. The maximum absolute atomic E-state index is 12.5. The van der Waals surface area contributed by atoms with Crippen molar-refractivity contribution in [2.45, 2.75) is 33.2 Å². The monoisotopic (exact) mass is 409 g/mol. The lowest BCUT2D eigenvalue weighted by Crippen LogP contribution is -2.26. The number of carbonyl (C=O) groups is 1. The van der Waals surface area contributed by atoms with Crippen molar-refractivity contribution in [1.82, 2.24) is 20.1 Å². The fourth-order valence-electron chi connectivity index (χ4n) is 2.77. The number of hydrogen-bond donors (Lipinski definition) is 2. The molecule has 0 saturated carbocycles. The zero-order valence-corrected chi connectivity index (χ0v) is 17.2. The molecule has 1 aromatic carbocycles. The van der Waals surface area contributed by atoms with Crippen molar-refractivity contribution < 1.29 is 4.79 Å². The topological polar surface area (TPSA) is 85.8 Å². The Morgan fingerprint density at radius 3 is 2.52 bits per heavy atom. The van der Waals surface area contributed by atoms with E-state index >= 15 is 0 Å². The fraction of sp³-hybridized carbons (Fsp3) is 0.316. The second kappa shape index (κ2) is 9.58. The Hall–Kier alpha value is -2.31. The Bertz CT molecular complexity index is 906. The van der Waals surface area contributed by atoms with Gasteiger partial charge in [0.25, 0.3) is 5.91 Å². The summed E-state index contributed by atoms with van der Waals surface area (Å²) < 4.78 is 1.87. The molecule has 0 unspecified atom stereocenters. The number of halogens is 2. The smallest absolute Gasteiger partial charge is 0.253 e. The second-order valence-corrected chi connectivity index (χ2v) is 6.46. The van der Waals surface area contributed by atoms with Crippen LogP contribution < -0.4 is 11.1 Å². The normalized spacial score (nSPS) is 10.4. The van der Waals surface area contributed by atoms with Crippen LogP contribution in [0.25, 0.3) is 11.0 Å². The molecule has 0 aliphatic carbocycles. The number of hydrogen-bond acceptors (Lipinski definition) is 4. The van der Waals surface area contributed by atoms with Crippen LogP contribution in [0.3, 0.4) is 0 Å². The summed E-state index contributed by atoms with van der Waals surface area (Å²) >= 11 is 0. The zero-order valence-electron chi connectivity index (χ0n) is 15.6. The van der Waals surface area contributed by atoms with Gasteiger partial charge in [0.15, 0.2) is 5.65 Å². The molecule has 2 heterocycles. The average Bonchev–Trinajstić information content (AvgIpc) is 2.98. The number of nitrogens with one attached hydrogen (secondary N) is 1. The van der Waals surface area contributed by atoms with Gasteiger partial charge >= 0.3 is 0 Å². The fourth-order valence-corrected chi connectivity index (χ4v) is 2.77. The third-order valence-corrected chi connectivity index (χ3v) is 4.17. The number of benzene rings is 1. The number of amides is 1. The first-order chi connectivity index (χ1) is 12.0. The number of nitrogen functional groups attached to an aromatic ring is 1. The van der Waals surface area contributed by atoms with Gasteiger partial charge in [-0.2, -0.15) is 5.10 Å². The number of nitrogens with zero attached hydrogens (tertiary/aromatic N) is 3. The van der Waals surface area contributed by atoms with Gasteiger partial charge in [-0.25, -0.2) is 9.67 Å². The molecule has 0 saturated heterocycles. The van der Waals surface area contributed by atoms with Gasteiger partial charge in [-0.3, -0.25) is 4.79 Å². The van der Waals surface area contributed by atoms with Crippen molar-refractivity contribution in [1.29, 1.82) is 0 Å². The molecule has 0 aliphatic heterocycles. The molecule has 1 amide bonds. The number of pyridine rings is 1. The minimum absolute atomic E-state index is 0. The third-order valence-electron chi connectivity index (χ3n) is 4.17. The summed E-state index contributed by atoms with van der Waals surface area (Å²) in [7, 11) is 0. The van der Waals surface area contributed by atoms with Gasteiger partial charge < -0.3 is 11.1 Å². The van der Waals surface area contributed by atoms with E-state index in [9.17, 15) is 4.79 Å². The molecule has 8 heteroatoms. The minimum atomic E-state index is -0.111. The van der Waals surface area contributed by atoms with E-state index in [0.29, 0.717) is 17.8 Å². The predicted octanol–water partition coefficient (Wildman–Crippen LogP) is 3.72. The quantitative estimate of drug-likeness (QED) is 0.628. The Balaban J connectivity index is 0.00000182. The molecule has 0 spiro atoms. The van der Waals surface area contributed by atoms with Gasteiger partial charge in [-0.05, 0) is 51.0 Å². The highest BCUT2D eigenvalue weighted by atomic mass is 35.5. The van der Waals surface area contributed by atoms with E-state index in [1.165, 1.54) is 0 Å². The molecule has 3 aromatic rings. The lowest BCUT2D eigenvalue weighted by molar-refractivity contribution is 0.0953. The largest absolute Gasteiger partial charge is 0.399 e. The summed E-state index contributed by atoms with van der Waals surface area (Å²) in [4.78, 5) is 17.1. The van der Waals surface area contributed by atoms with Crippen LogP contribution in [0, 0.1) is 6.92 Å². The summed E-state index contributed by atoms with van der Waals surface area (Å²) in [5.41, 5.74) is 9.67. The van der Waals surface area contributed by atoms with Gasteiger partial charge in [0, 0.05) is 23.7 Å². The Morgan fingerprint density at radius 1 is 1.22 bits per heavy atom. The molecule has 2 aromatic heterocycles. The minimum Gasteiger partial charge on any atom is -0.399 e. The molecule has 0 atom stereocenters. The molecule has 146 valence electrons. The van der Waals surface area contributed by atoms with Gasteiger partial charge in [0.1, 0.15) is 0 Å². The third kappa shape index (κ3) is 5.11. The number of nitrogens with two attached hydrogens (primary N) is 1. The number of fused-ring (bicyclic) bond motifs is 1. The molecule has 0 bridgehead atoms. The Labute approximate surface area is 171 Å². The van der Waals surface area contributed by atoms with Crippen molar-refractivity contribution >= 4 is 47.4 Å². The van der Waals surface area contributed by atoms with Crippen LogP contribution in [0.1, 0.15) is 41.5 Å². The average molecular weight is 410 g/mol. The predicted molar refractivity (Wildman–Crippen MR) is 114 cm³/mol. The Morgan fingerprint density at radius 2 is 1.89 bits per heavy atom. The summed E-state index contributed by atoms with van der Waals surface area (Å²) in [5.74, 6) is -0.111. The van der Waals surface area contributed by atoms with E-state index in [1.807, 2.05) is 41.9 Å². The highest BCUT2D eigenvalue weighted by molar-refractivity contribution is 5.98. The lowest BCUT2D eigenvalue weighted by atomic mass is 10.1. The molecule has 3 rings (SSSR count). The summed E-state index contributed by atoms with van der Waals surface area (Å²) in [6.07, 6.45) is 2.51. The number of carbonyl (C=O) groups excluding carboxylic acids is 1. The van der Waals surface area contributed by atoms with E-state index in [0.717, 1.165) is 28.7 Å². The van der Waals surface area contributed by atoms with Gasteiger partial charge in [0.2, 0.25) is 0 Å². The Kier molecular flexibility index (Phi) is 8.06. The summed E-state index contributed by atoms with van der Waals surface area (Å²) in [6, 6.07) is 9.77. The van der Waals surface area contributed by atoms with E-state index in [1.54, 1.807) is 6.20 Å². The van der Waals surface area contributed by atoms with Crippen LogP contribution in [0.2, 0.25) is 0 Å². The first-order valence-electron chi connectivity index (χ1n) is 8.43. The van der Waals surface area contributed by atoms with Crippen LogP contribution in [-0.2, 0) is 6.42 Å². The molecule has 27 heavy (non-hydrogen) atoms. The molecule has 6 nitrogen and oxygen atoms in total. The summed E-state index contributed by atoms with van der Waals surface area (Å²) in [5, 5.41) is 8.20. The van der Waals surface area contributed by atoms with Gasteiger partial charge in [0.05, 0.1) is 17.5 Å². The van der Waals surface area contributed by atoms with E-state index < -0.39 is 0 Å². The van der Waals surface area contributed by atoms with Gasteiger partial charge in [-0.1, -0.05) is 12.1 Å². The summed E-state index contributed by atoms with van der Waals surface area (Å²) in [6.45, 7) is 6.53. The highest BCUT2D eigenvalue weighted by Crippen LogP contribution is 2.19. The number of aryl methyl sites for hydroxylation is 1. The number of aromatic nitrogens is 3. The van der Waals surface area contributed by atoms with Crippen molar-refractivity contribution in [2.75, 3.05) is 12.3 Å². The van der Waals surface area contributed by atoms with E-state index in [2.05, 4.69) is 29.2 Å². The van der Waals surface area contributed by atoms with E-state index in [-0.39, 0.29) is 36.8 Å². The number of rotatable bonds is 5.